The maximum Gasteiger partial charge on any atom is 0.251 e. The molecule has 0 unspecified atom stereocenters. The summed E-state index contributed by atoms with van der Waals surface area (Å²) in [5, 5.41) is 3.90. The minimum atomic E-state index is -0.0591. The number of hydrogen-bond donors (Lipinski definition) is 1. The lowest BCUT2D eigenvalue weighted by Crippen LogP contribution is -2.22. The number of carbonyl (C=O) groups is 1. The van der Waals surface area contributed by atoms with Crippen molar-refractivity contribution in [3.05, 3.63) is 86.9 Å². The number of nitrogens with one attached hydrogen (secondary N) is 1. The molecule has 2 aromatic carbocycles. The molecule has 1 amide bonds. The third-order valence-electron chi connectivity index (χ3n) is 3.82. The first-order valence-electron chi connectivity index (χ1n) is 7.96. The van der Waals surface area contributed by atoms with E-state index in [2.05, 4.69) is 34.6 Å². The Morgan fingerprint density at radius 3 is 2.62 bits per heavy atom. The molecule has 0 atom stereocenters. The van der Waals surface area contributed by atoms with Crippen LogP contribution in [0.3, 0.4) is 0 Å². The molecule has 3 rings (SSSR count). The number of thiazole rings is 1. The standard InChI is InChI=1S/C20H20N2OS/c1-14-7-6-10-17(11-14)20(23)21-13-19-22-15(2)18(24-19)12-16-8-4-3-5-9-16/h3-11H,12-13H2,1-2H3,(H,21,23). The quantitative estimate of drug-likeness (QED) is 0.755. The number of aromatic nitrogens is 1. The van der Waals surface area contributed by atoms with Gasteiger partial charge in [0, 0.05) is 16.9 Å². The molecule has 0 radical (unpaired) electrons. The average Bonchev–Trinajstić information content (AvgIpc) is 2.93. The molecule has 1 heterocycles. The number of hydrogen-bond acceptors (Lipinski definition) is 3. The van der Waals surface area contributed by atoms with Crippen LogP contribution in [-0.4, -0.2) is 10.9 Å². The number of rotatable bonds is 5. The maximum absolute atomic E-state index is 12.2. The van der Waals surface area contributed by atoms with E-state index in [-0.39, 0.29) is 5.91 Å². The molecule has 0 spiro atoms. The lowest BCUT2D eigenvalue weighted by molar-refractivity contribution is 0.0951. The van der Waals surface area contributed by atoms with Crippen LogP contribution in [0.25, 0.3) is 0 Å². The summed E-state index contributed by atoms with van der Waals surface area (Å²) < 4.78 is 0. The van der Waals surface area contributed by atoms with Crippen molar-refractivity contribution in [2.24, 2.45) is 0 Å². The molecule has 0 fully saturated rings. The van der Waals surface area contributed by atoms with Crippen molar-refractivity contribution < 1.29 is 4.79 Å². The average molecular weight is 336 g/mol. The molecule has 0 saturated heterocycles. The minimum absolute atomic E-state index is 0.0591. The molecular weight excluding hydrogens is 316 g/mol. The summed E-state index contributed by atoms with van der Waals surface area (Å²) in [6.07, 6.45) is 0.885. The Balaban J connectivity index is 1.64. The van der Waals surface area contributed by atoms with Crippen LogP contribution in [0.4, 0.5) is 0 Å². The van der Waals surface area contributed by atoms with Crippen molar-refractivity contribution in [1.82, 2.24) is 10.3 Å². The van der Waals surface area contributed by atoms with Crippen LogP contribution in [0.2, 0.25) is 0 Å². The summed E-state index contributed by atoms with van der Waals surface area (Å²) in [7, 11) is 0. The monoisotopic (exact) mass is 336 g/mol. The zero-order valence-electron chi connectivity index (χ0n) is 13.9. The van der Waals surface area contributed by atoms with E-state index in [4.69, 9.17) is 0 Å². The van der Waals surface area contributed by atoms with Crippen molar-refractivity contribution in [2.75, 3.05) is 0 Å². The Bertz CT molecular complexity index is 840. The molecule has 122 valence electrons. The maximum atomic E-state index is 12.2. The normalized spacial score (nSPS) is 10.6. The molecule has 0 bridgehead atoms. The van der Waals surface area contributed by atoms with Gasteiger partial charge in [0.15, 0.2) is 0 Å². The second-order valence-corrected chi connectivity index (χ2v) is 7.00. The molecular formula is C20H20N2OS. The van der Waals surface area contributed by atoms with Crippen LogP contribution in [0, 0.1) is 13.8 Å². The van der Waals surface area contributed by atoms with Gasteiger partial charge >= 0.3 is 0 Å². The van der Waals surface area contributed by atoms with Crippen molar-refractivity contribution in [1.29, 1.82) is 0 Å². The molecule has 0 aliphatic rings. The molecule has 0 aliphatic carbocycles. The second-order valence-electron chi connectivity index (χ2n) is 5.83. The van der Waals surface area contributed by atoms with Crippen LogP contribution >= 0.6 is 11.3 Å². The second kappa shape index (κ2) is 7.41. The first kappa shape index (κ1) is 16.4. The number of nitrogens with zero attached hydrogens (tertiary/aromatic N) is 1. The van der Waals surface area contributed by atoms with E-state index >= 15 is 0 Å². The van der Waals surface area contributed by atoms with Gasteiger partial charge in [-0.15, -0.1) is 11.3 Å². The van der Waals surface area contributed by atoms with Gasteiger partial charge in [-0.3, -0.25) is 4.79 Å². The van der Waals surface area contributed by atoms with Gasteiger partial charge in [-0.05, 0) is 31.5 Å². The van der Waals surface area contributed by atoms with Crippen LogP contribution in [-0.2, 0) is 13.0 Å². The summed E-state index contributed by atoms with van der Waals surface area (Å²) in [5.41, 5.74) is 4.09. The Hall–Kier alpha value is -2.46. The third kappa shape index (κ3) is 4.09. The predicted octanol–water partition coefficient (Wildman–Crippen LogP) is 4.28. The Kier molecular flexibility index (Phi) is 5.06. The Morgan fingerprint density at radius 1 is 1.08 bits per heavy atom. The van der Waals surface area contributed by atoms with Gasteiger partial charge in [-0.1, -0.05) is 48.0 Å². The van der Waals surface area contributed by atoms with Crippen LogP contribution in [0.15, 0.2) is 54.6 Å². The van der Waals surface area contributed by atoms with Gasteiger partial charge in [0.2, 0.25) is 0 Å². The van der Waals surface area contributed by atoms with E-state index in [1.54, 1.807) is 11.3 Å². The summed E-state index contributed by atoms with van der Waals surface area (Å²) in [6.45, 7) is 4.48. The zero-order valence-corrected chi connectivity index (χ0v) is 14.7. The highest BCUT2D eigenvalue weighted by molar-refractivity contribution is 7.11. The largest absolute Gasteiger partial charge is 0.346 e. The highest BCUT2D eigenvalue weighted by Gasteiger charge is 2.10. The smallest absolute Gasteiger partial charge is 0.251 e. The SMILES string of the molecule is Cc1cccc(C(=O)NCc2nc(C)c(Cc3ccccc3)s2)c1. The topological polar surface area (TPSA) is 42.0 Å². The van der Waals surface area contributed by atoms with Gasteiger partial charge < -0.3 is 5.32 Å². The van der Waals surface area contributed by atoms with E-state index in [1.165, 1.54) is 10.4 Å². The Morgan fingerprint density at radius 2 is 1.88 bits per heavy atom. The van der Waals surface area contributed by atoms with Crippen LogP contribution in [0.1, 0.15) is 37.1 Å². The van der Waals surface area contributed by atoms with E-state index in [0.717, 1.165) is 22.7 Å². The molecule has 0 aliphatic heterocycles. The van der Waals surface area contributed by atoms with Gasteiger partial charge in [-0.25, -0.2) is 4.98 Å². The van der Waals surface area contributed by atoms with E-state index < -0.39 is 0 Å². The van der Waals surface area contributed by atoms with Gasteiger partial charge in [0.05, 0.1) is 12.2 Å². The number of carbonyl (C=O) groups excluding carboxylic acids is 1. The molecule has 3 nitrogen and oxygen atoms in total. The van der Waals surface area contributed by atoms with Crippen molar-refractivity contribution >= 4 is 17.2 Å². The summed E-state index contributed by atoms with van der Waals surface area (Å²) in [5.74, 6) is -0.0591. The van der Waals surface area contributed by atoms with Gasteiger partial charge in [-0.2, -0.15) is 0 Å². The van der Waals surface area contributed by atoms with Crippen molar-refractivity contribution in [3.8, 4) is 0 Å². The fourth-order valence-electron chi connectivity index (χ4n) is 2.55. The molecule has 3 aromatic rings. The van der Waals surface area contributed by atoms with Gasteiger partial charge in [0.25, 0.3) is 5.91 Å². The fourth-order valence-corrected chi connectivity index (χ4v) is 3.60. The number of aryl methyl sites for hydroxylation is 2. The molecule has 0 saturated carbocycles. The van der Waals surface area contributed by atoms with E-state index in [1.807, 2.05) is 44.2 Å². The Labute approximate surface area is 146 Å². The highest BCUT2D eigenvalue weighted by atomic mass is 32.1. The zero-order chi connectivity index (χ0) is 16.9. The summed E-state index contributed by atoms with van der Waals surface area (Å²) in [4.78, 5) is 18.1. The predicted molar refractivity (Wildman–Crippen MR) is 98.4 cm³/mol. The van der Waals surface area contributed by atoms with E-state index in [9.17, 15) is 4.79 Å². The highest BCUT2D eigenvalue weighted by Crippen LogP contribution is 2.21. The first-order valence-corrected chi connectivity index (χ1v) is 8.77. The van der Waals surface area contributed by atoms with Crippen LogP contribution in [0.5, 0.6) is 0 Å². The molecule has 1 N–H and O–H groups in total. The molecule has 1 aromatic heterocycles. The van der Waals surface area contributed by atoms with Gasteiger partial charge in [0.1, 0.15) is 5.01 Å². The summed E-state index contributed by atoms with van der Waals surface area (Å²) in [6, 6.07) is 18.0. The third-order valence-corrected chi connectivity index (χ3v) is 4.98. The molecule has 4 heteroatoms. The molecule has 24 heavy (non-hydrogen) atoms. The number of benzene rings is 2. The van der Waals surface area contributed by atoms with Crippen molar-refractivity contribution in [2.45, 2.75) is 26.8 Å². The lowest BCUT2D eigenvalue weighted by Gasteiger charge is -2.03. The lowest BCUT2D eigenvalue weighted by atomic mass is 10.1. The van der Waals surface area contributed by atoms with Crippen molar-refractivity contribution in [3.63, 3.8) is 0 Å². The fraction of sp³-hybridized carbons (Fsp3) is 0.200. The minimum Gasteiger partial charge on any atom is -0.346 e. The first-order chi connectivity index (χ1) is 11.6. The number of amides is 1. The van der Waals surface area contributed by atoms with E-state index in [0.29, 0.717) is 12.1 Å². The van der Waals surface area contributed by atoms with Crippen LogP contribution < -0.4 is 5.32 Å². The summed E-state index contributed by atoms with van der Waals surface area (Å²) >= 11 is 1.67.